The molecule has 0 saturated heterocycles. The molecule has 5 heteroatoms. The Kier molecular flexibility index (Phi) is 4.20. The van der Waals surface area contributed by atoms with Crippen molar-refractivity contribution in [2.75, 3.05) is 0 Å². The highest BCUT2D eigenvalue weighted by Gasteiger charge is 2.09. The van der Waals surface area contributed by atoms with E-state index in [1.807, 2.05) is 30.3 Å². The molecule has 0 bridgehead atoms. The number of hydrazine groups is 1. The summed E-state index contributed by atoms with van der Waals surface area (Å²) in [5.74, 6) is 5.96. The van der Waals surface area contributed by atoms with Crippen molar-refractivity contribution in [3.63, 3.8) is 0 Å². The minimum Gasteiger partial charge on any atom is -0.308 e. The van der Waals surface area contributed by atoms with Gasteiger partial charge in [0.05, 0.1) is 15.7 Å². The Hall–Kier alpha value is -1.55. The Morgan fingerprint density at radius 1 is 1.00 bits per heavy atom. The third-order valence-corrected chi connectivity index (χ3v) is 3.16. The number of hydrogen-bond acceptors (Lipinski definition) is 2. The summed E-state index contributed by atoms with van der Waals surface area (Å²) in [5.41, 5.74) is 3.98. The monoisotopic (exact) mass is 279 g/mol. The summed E-state index contributed by atoms with van der Waals surface area (Å²) < 4.78 is 0. The van der Waals surface area contributed by atoms with E-state index >= 15 is 0 Å². The first-order valence-corrected chi connectivity index (χ1v) is 6.02. The first-order valence-electron chi connectivity index (χ1n) is 5.27. The summed E-state index contributed by atoms with van der Waals surface area (Å²) >= 11 is 12.1. The van der Waals surface area contributed by atoms with Gasteiger partial charge in [-0.15, -0.1) is 0 Å². The van der Waals surface area contributed by atoms with Crippen LogP contribution in [0.5, 0.6) is 0 Å². The Labute approximate surface area is 115 Å². The lowest BCUT2D eigenvalue weighted by Gasteiger charge is -2.08. The van der Waals surface area contributed by atoms with Crippen LogP contribution in [-0.2, 0) is 0 Å². The van der Waals surface area contributed by atoms with E-state index in [9.17, 15) is 0 Å². The number of halogens is 2. The Bertz CT molecular complexity index is 568. The molecule has 0 radical (unpaired) electrons. The predicted octanol–water partition coefficient (Wildman–Crippen LogP) is 3.54. The first kappa shape index (κ1) is 12.9. The molecular weight excluding hydrogens is 269 g/mol. The number of nitrogens with zero attached hydrogens (tertiary/aromatic N) is 1. The molecule has 0 unspecified atom stereocenters. The number of nitrogens with one attached hydrogen (secondary N) is 1. The van der Waals surface area contributed by atoms with Gasteiger partial charge in [-0.3, -0.25) is 0 Å². The molecule has 0 amide bonds. The normalized spacial score (nSPS) is 11.4. The summed E-state index contributed by atoms with van der Waals surface area (Å²) in [4.78, 5) is 4.39. The van der Waals surface area contributed by atoms with Gasteiger partial charge in [-0.1, -0.05) is 47.5 Å². The summed E-state index contributed by atoms with van der Waals surface area (Å²) in [6, 6.07) is 14.8. The molecule has 0 aliphatic heterocycles. The topological polar surface area (TPSA) is 50.4 Å². The van der Waals surface area contributed by atoms with Crippen LogP contribution < -0.4 is 11.3 Å². The first-order chi connectivity index (χ1) is 8.72. The molecule has 3 nitrogen and oxygen atoms in total. The van der Waals surface area contributed by atoms with Crippen molar-refractivity contribution in [2.24, 2.45) is 10.8 Å². The van der Waals surface area contributed by atoms with E-state index in [1.54, 1.807) is 18.2 Å². The SMILES string of the molecule is NNC(=Nc1ccccc1)c1cccc(Cl)c1Cl. The van der Waals surface area contributed by atoms with Crippen LogP contribution in [0.15, 0.2) is 53.5 Å². The lowest BCUT2D eigenvalue weighted by molar-refractivity contribution is 1.02. The quantitative estimate of drug-likeness (QED) is 0.382. The lowest BCUT2D eigenvalue weighted by atomic mass is 10.2. The maximum atomic E-state index is 6.12. The molecule has 0 aliphatic carbocycles. The molecule has 2 aromatic rings. The van der Waals surface area contributed by atoms with Crippen LogP contribution in [0.1, 0.15) is 5.56 Å². The van der Waals surface area contributed by atoms with Crippen molar-refractivity contribution in [1.29, 1.82) is 0 Å². The zero-order valence-electron chi connectivity index (χ0n) is 9.40. The third-order valence-electron chi connectivity index (χ3n) is 2.34. The van der Waals surface area contributed by atoms with Crippen molar-refractivity contribution >= 4 is 34.7 Å². The molecule has 2 rings (SSSR count). The van der Waals surface area contributed by atoms with E-state index in [-0.39, 0.29) is 0 Å². The van der Waals surface area contributed by atoms with E-state index in [0.29, 0.717) is 21.4 Å². The largest absolute Gasteiger partial charge is 0.308 e. The van der Waals surface area contributed by atoms with Gasteiger partial charge in [0.15, 0.2) is 0 Å². The lowest BCUT2D eigenvalue weighted by Crippen LogP contribution is -2.31. The molecule has 0 aliphatic rings. The fourth-order valence-electron chi connectivity index (χ4n) is 1.49. The highest BCUT2D eigenvalue weighted by molar-refractivity contribution is 6.44. The number of para-hydroxylation sites is 1. The highest BCUT2D eigenvalue weighted by atomic mass is 35.5. The summed E-state index contributed by atoms with van der Waals surface area (Å²) in [5, 5.41) is 0.886. The van der Waals surface area contributed by atoms with Gasteiger partial charge in [0, 0.05) is 5.56 Å². The van der Waals surface area contributed by atoms with Crippen LogP contribution in [-0.4, -0.2) is 5.84 Å². The number of hydrogen-bond donors (Lipinski definition) is 2. The number of rotatable bonds is 2. The fraction of sp³-hybridized carbons (Fsp3) is 0. The molecule has 2 aromatic carbocycles. The van der Waals surface area contributed by atoms with Crippen LogP contribution >= 0.6 is 23.2 Å². The summed E-state index contributed by atoms with van der Waals surface area (Å²) in [7, 11) is 0. The van der Waals surface area contributed by atoms with Gasteiger partial charge in [-0.05, 0) is 24.3 Å². The van der Waals surface area contributed by atoms with Crippen LogP contribution in [0.4, 0.5) is 5.69 Å². The predicted molar refractivity (Wildman–Crippen MR) is 76.4 cm³/mol. The zero-order valence-corrected chi connectivity index (χ0v) is 10.9. The third kappa shape index (κ3) is 2.82. The Morgan fingerprint density at radius 3 is 2.39 bits per heavy atom. The van der Waals surface area contributed by atoms with Crippen molar-refractivity contribution in [3.05, 3.63) is 64.1 Å². The molecule has 0 heterocycles. The van der Waals surface area contributed by atoms with E-state index in [1.165, 1.54) is 0 Å². The summed E-state index contributed by atoms with van der Waals surface area (Å²) in [6.45, 7) is 0. The second-order valence-electron chi connectivity index (χ2n) is 3.54. The van der Waals surface area contributed by atoms with Crippen molar-refractivity contribution in [3.8, 4) is 0 Å². The van der Waals surface area contributed by atoms with E-state index < -0.39 is 0 Å². The second-order valence-corrected chi connectivity index (χ2v) is 4.33. The molecule has 0 spiro atoms. The van der Waals surface area contributed by atoms with Crippen LogP contribution in [0, 0.1) is 0 Å². The standard InChI is InChI=1S/C13H11Cl2N3/c14-11-8-4-7-10(12(11)15)13(18-16)17-9-5-2-1-3-6-9/h1-8H,16H2,(H,17,18). The minimum atomic E-state index is 0.423. The average molecular weight is 280 g/mol. The van der Waals surface area contributed by atoms with Crippen molar-refractivity contribution in [1.82, 2.24) is 5.43 Å². The number of benzene rings is 2. The molecular formula is C13H11Cl2N3. The van der Waals surface area contributed by atoms with Crippen molar-refractivity contribution in [2.45, 2.75) is 0 Å². The maximum absolute atomic E-state index is 6.12. The molecule has 92 valence electrons. The van der Waals surface area contributed by atoms with Gasteiger partial charge < -0.3 is 5.43 Å². The zero-order chi connectivity index (χ0) is 13.0. The van der Waals surface area contributed by atoms with Gasteiger partial charge in [0.25, 0.3) is 0 Å². The van der Waals surface area contributed by atoms with Crippen LogP contribution in [0.3, 0.4) is 0 Å². The fourth-order valence-corrected chi connectivity index (χ4v) is 1.88. The number of amidine groups is 1. The Morgan fingerprint density at radius 2 is 1.72 bits per heavy atom. The highest BCUT2D eigenvalue weighted by Crippen LogP contribution is 2.26. The maximum Gasteiger partial charge on any atom is 0.149 e. The van der Waals surface area contributed by atoms with Crippen LogP contribution in [0.2, 0.25) is 10.0 Å². The van der Waals surface area contributed by atoms with Gasteiger partial charge >= 0.3 is 0 Å². The average Bonchev–Trinajstić information content (AvgIpc) is 2.41. The van der Waals surface area contributed by atoms with E-state index in [2.05, 4.69) is 10.4 Å². The molecule has 0 aromatic heterocycles. The molecule has 0 saturated carbocycles. The summed E-state index contributed by atoms with van der Waals surface area (Å²) in [6.07, 6.45) is 0. The van der Waals surface area contributed by atoms with Gasteiger partial charge in [0.1, 0.15) is 5.84 Å². The smallest absolute Gasteiger partial charge is 0.149 e. The van der Waals surface area contributed by atoms with E-state index in [4.69, 9.17) is 29.0 Å². The van der Waals surface area contributed by atoms with Gasteiger partial charge in [-0.2, -0.15) is 0 Å². The van der Waals surface area contributed by atoms with Gasteiger partial charge in [0.2, 0.25) is 0 Å². The Balaban J connectivity index is 2.46. The second kappa shape index (κ2) is 5.87. The molecule has 18 heavy (non-hydrogen) atoms. The molecule has 0 atom stereocenters. The molecule has 3 N–H and O–H groups in total. The van der Waals surface area contributed by atoms with Gasteiger partial charge in [-0.25, -0.2) is 10.8 Å². The van der Waals surface area contributed by atoms with Crippen molar-refractivity contribution < 1.29 is 0 Å². The van der Waals surface area contributed by atoms with E-state index in [0.717, 1.165) is 5.69 Å². The minimum absolute atomic E-state index is 0.423. The number of aliphatic imine (C=N–C) groups is 1. The number of nitrogens with two attached hydrogens (primary N) is 1. The molecule has 0 fully saturated rings. The van der Waals surface area contributed by atoms with Crippen LogP contribution in [0.25, 0.3) is 0 Å².